The molecule has 1 fully saturated rings. The highest BCUT2D eigenvalue weighted by molar-refractivity contribution is 7.91. The van der Waals surface area contributed by atoms with Crippen LogP contribution in [0, 0.1) is 0 Å². The number of sulfone groups is 1. The van der Waals surface area contributed by atoms with Gasteiger partial charge >= 0.3 is 5.97 Å². The molecule has 1 saturated heterocycles. The van der Waals surface area contributed by atoms with Gasteiger partial charge in [-0.15, -0.1) is 10.2 Å². The molecule has 26 heavy (non-hydrogen) atoms. The molecule has 10 heteroatoms. The molecule has 1 aromatic heterocycles. The maximum absolute atomic E-state index is 12.1. The van der Waals surface area contributed by atoms with Crippen LogP contribution in [-0.4, -0.2) is 54.1 Å². The van der Waals surface area contributed by atoms with E-state index < -0.39 is 33.9 Å². The molecule has 0 aliphatic carbocycles. The zero-order valence-corrected chi connectivity index (χ0v) is 14.7. The molecule has 1 amide bonds. The van der Waals surface area contributed by atoms with E-state index in [1.165, 1.54) is 25.5 Å². The molecular formula is C16H17N3O6S. The number of carbonyl (C=O) groups is 2. The van der Waals surface area contributed by atoms with E-state index in [1.807, 2.05) is 0 Å². The normalized spacial score (nSPS) is 19.7. The number of hydrogen-bond acceptors (Lipinski definition) is 8. The molecule has 1 aliphatic heterocycles. The fourth-order valence-corrected chi connectivity index (χ4v) is 4.23. The Hall–Kier alpha value is -2.75. The molecule has 1 aliphatic rings. The number of aromatic nitrogens is 2. The van der Waals surface area contributed by atoms with Crippen molar-refractivity contribution in [3.63, 3.8) is 0 Å². The predicted molar refractivity (Wildman–Crippen MR) is 89.8 cm³/mol. The monoisotopic (exact) mass is 379 g/mol. The summed E-state index contributed by atoms with van der Waals surface area (Å²) in [5, 5.41) is 9.93. The summed E-state index contributed by atoms with van der Waals surface area (Å²) in [6, 6.07) is 5.85. The Morgan fingerprint density at radius 3 is 2.62 bits per heavy atom. The highest BCUT2D eigenvalue weighted by atomic mass is 32.2. The van der Waals surface area contributed by atoms with Crippen molar-refractivity contribution in [3.05, 3.63) is 36.2 Å². The molecule has 2 atom stereocenters. The summed E-state index contributed by atoms with van der Waals surface area (Å²) >= 11 is 0. The first-order valence-corrected chi connectivity index (χ1v) is 9.74. The number of ether oxygens (including phenoxy) is 1. The number of rotatable bonds is 5. The summed E-state index contributed by atoms with van der Waals surface area (Å²) in [4.78, 5) is 24.2. The number of benzene rings is 1. The van der Waals surface area contributed by atoms with Crippen molar-refractivity contribution in [3.8, 4) is 11.5 Å². The van der Waals surface area contributed by atoms with E-state index in [2.05, 4.69) is 15.5 Å². The largest absolute Gasteiger partial charge is 0.449 e. The lowest BCUT2D eigenvalue weighted by Gasteiger charge is -2.16. The maximum atomic E-state index is 12.1. The molecule has 0 radical (unpaired) electrons. The van der Waals surface area contributed by atoms with Crippen LogP contribution in [0.5, 0.6) is 0 Å². The quantitative estimate of drug-likeness (QED) is 0.747. The van der Waals surface area contributed by atoms with Crippen LogP contribution in [-0.2, 0) is 19.4 Å². The van der Waals surface area contributed by atoms with E-state index in [0.29, 0.717) is 17.9 Å². The van der Waals surface area contributed by atoms with Gasteiger partial charge in [0.15, 0.2) is 15.9 Å². The highest BCUT2D eigenvalue weighted by Gasteiger charge is 2.30. The van der Waals surface area contributed by atoms with Gasteiger partial charge in [0.25, 0.3) is 5.91 Å². The summed E-state index contributed by atoms with van der Waals surface area (Å²) in [5.41, 5.74) is 0.906. The van der Waals surface area contributed by atoms with Crippen LogP contribution in [0.2, 0.25) is 0 Å². The third-order valence-electron chi connectivity index (χ3n) is 3.96. The second-order valence-electron chi connectivity index (χ2n) is 5.98. The summed E-state index contributed by atoms with van der Waals surface area (Å²) in [6.45, 7) is 1.43. The van der Waals surface area contributed by atoms with Crippen LogP contribution in [0.4, 0.5) is 0 Å². The Labute approximate surface area is 149 Å². The van der Waals surface area contributed by atoms with Crippen molar-refractivity contribution in [2.75, 3.05) is 11.5 Å². The molecular weight excluding hydrogens is 362 g/mol. The minimum Gasteiger partial charge on any atom is -0.449 e. The number of carbonyl (C=O) groups excluding carboxylic acids is 2. The smallest absolute Gasteiger partial charge is 0.338 e. The summed E-state index contributed by atoms with van der Waals surface area (Å²) in [6.07, 6.45) is 0.528. The first-order chi connectivity index (χ1) is 12.3. The van der Waals surface area contributed by atoms with Crippen LogP contribution in [0.1, 0.15) is 23.7 Å². The number of amides is 1. The second kappa shape index (κ2) is 7.24. The molecule has 0 spiro atoms. The van der Waals surface area contributed by atoms with Crippen LogP contribution < -0.4 is 5.32 Å². The number of hydrogen-bond donors (Lipinski definition) is 1. The lowest BCUT2D eigenvalue weighted by Crippen LogP contribution is -2.42. The Balaban J connectivity index is 1.56. The van der Waals surface area contributed by atoms with Crippen LogP contribution >= 0.6 is 0 Å². The first kappa shape index (κ1) is 18.1. The average molecular weight is 379 g/mol. The molecule has 2 heterocycles. The molecule has 2 aromatic rings. The predicted octanol–water partition coefficient (Wildman–Crippen LogP) is 0.585. The number of nitrogens with one attached hydrogen (secondary N) is 1. The van der Waals surface area contributed by atoms with E-state index in [4.69, 9.17) is 9.15 Å². The summed E-state index contributed by atoms with van der Waals surface area (Å²) in [5.74, 6) is -0.898. The average Bonchev–Trinajstić information content (AvgIpc) is 3.24. The molecule has 9 nitrogen and oxygen atoms in total. The van der Waals surface area contributed by atoms with E-state index >= 15 is 0 Å². The Kier molecular flexibility index (Phi) is 5.03. The third-order valence-corrected chi connectivity index (χ3v) is 5.73. The first-order valence-electron chi connectivity index (χ1n) is 7.92. The number of esters is 1. The van der Waals surface area contributed by atoms with Crippen molar-refractivity contribution in [2.45, 2.75) is 25.5 Å². The SMILES string of the molecule is C[C@@H](OC(=O)c1ccc(-c2nnco2)cc1)C(=O)N[C@@H]1CCS(=O)(=O)C1. The van der Waals surface area contributed by atoms with Crippen molar-refractivity contribution >= 4 is 21.7 Å². The van der Waals surface area contributed by atoms with Crippen molar-refractivity contribution in [2.24, 2.45) is 0 Å². The fourth-order valence-electron chi connectivity index (χ4n) is 2.56. The van der Waals surface area contributed by atoms with Gasteiger partial charge in [-0.3, -0.25) is 4.79 Å². The van der Waals surface area contributed by atoms with Crippen LogP contribution in [0.3, 0.4) is 0 Å². The van der Waals surface area contributed by atoms with E-state index in [-0.39, 0.29) is 17.1 Å². The fraction of sp³-hybridized carbons (Fsp3) is 0.375. The van der Waals surface area contributed by atoms with E-state index in [9.17, 15) is 18.0 Å². The maximum Gasteiger partial charge on any atom is 0.338 e. The van der Waals surface area contributed by atoms with Gasteiger partial charge < -0.3 is 14.5 Å². The lowest BCUT2D eigenvalue weighted by molar-refractivity contribution is -0.129. The van der Waals surface area contributed by atoms with Gasteiger partial charge in [0.2, 0.25) is 12.3 Å². The molecule has 0 bridgehead atoms. The minimum atomic E-state index is -3.10. The lowest BCUT2D eigenvalue weighted by atomic mass is 10.1. The Morgan fingerprint density at radius 2 is 2.04 bits per heavy atom. The minimum absolute atomic E-state index is 0.0541. The van der Waals surface area contributed by atoms with Gasteiger partial charge in [-0.2, -0.15) is 0 Å². The van der Waals surface area contributed by atoms with Gasteiger partial charge in [-0.1, -0.05) is 0 Å². The summed E-state index contributed by atoms with van der Waals surface area (Å²) < 4.78 is 33.0. The molecule has 0 saturated carbocycles. The molecule has 3 rings (SSSR count). The number of nitrogens with zero attached hydrogens (tertiary/aromatic N) is 2. The van der Waals surface area contributed by atoms with Gasteiger partial charge in [-0.05, 0) is 37.6 Å². The zero-order chi connectivity index (χ0) is 18.7. The summed E-state index contributed by atoms with van der Waals surface area (Å²) in [7, 11) is -3.10. The standard InChI is InChI=1S/C16H17N3O6S/c1-10(14(20)18-13-6-7-26(22,23)8-13)25-16(21)12-4-2-11(3-5-12)15-19-17-9-24-15/h2-5,9-10,13H,6-8H2,1H3,(H,18,20)/t10-,13-/m1/s1. The van der Waals surface area contributed by atoms with Crippen LogP contribution in [0.15, 0.2) is 35.1 Å². The van der Waals surface area contributed by atoms with Gasteiger partial charge in [-0.25, -0.2) is 13.2 Å². The van der Waals surface area contributed by atoms with E-state index in [1.54, 1.807) is 12.1 Å². The Morgan fingerprint density at radius 1 is 1.31 bits per heavy atom. The molecule has 0 unspecified atom stereocenters. The van der Waals surface area contributed by atoms with E-state index in [0.717, 1.165) is 0 Å². The van der Waals surface area contributed by atoms with Crippen LogP contribution in [0.25, 0.3) is 11.5 Å². The molecule has 1 N–H and O–H groups in total. The van der Waals surface area contributed by atoms with Gasteiger partial charge in [0.1, 0.15) is 0 Å². The van der Waals surface area contributed by atoms with Crippen molar-refractivity contribution in [1.29, 1.82) is 0 Å². The van der Waals surface area contributed by atoms with Crippen molar-refractivity contribution in [1.82, 2.24) is 15.5 Å². The van der Waals surface area contributed by atoms with Gasteiger partial charge in [0.05, 0.1) is 17.1 Å². The highest BCUT2D eigenvalue weighted by Crippen LogP contribution is 2.17. The molecule has 138 valence electrons. The van der Waals surface area contributed by atoms with Crippen molar-refractivity contribution < 1.29 is 27.2 Å². The third kappa shape index (κ3) is 4.26. The van der Waals surface area contributed by atoms with Gasteiger partial charge in [0, 0.05) is 11.6 Å². The second-order valence-corrected chi connectivity index (χ2v) is 8.21. The Bertz CT molecular complexity index is 893. The topological polar surface area (TPSA) is 128 Å². The zero-order valence-electron chi connectivity index (χ0n) is 13.9. The molecule has 1 aromatic carbocycles.